The predicted molar refractivity (Wildman–Crippen MR) is 144 cm³/mol. The van der Waals surface area contributed by atoms with E-state index in [1.54, 1.807) is 0 Å². The number of carbonyl (C=O) groups excluding carboxylic acids is 1. The SMILES string of the molecule is COc1cc(F)cc(C(CO)NC(=O)N2CCc3cc(-c4cn(COCC[Si](C)(C)C)nc4F)c(F)cc32)c1. The smallest absolute Gasteiger partial charge is 0.322 e. The molecule has 3 aromatic rings. The molecule has 210 valence electrons. The second-order valence-electron chi connectivity index (χ2n) is 10.7. The van der Waals surface area contributed by atoms with E-state index in [-0.39, 0.29) is 30.2 Å². The van der Waals surface area contributed by atoms with Gasteiger partial charge in [-0.3, -0.25) is 4.90 Å². The summed E-state index contributed by atoms with van der Waals surface area (Å²) in [7, 11) is 0.121. The van der Waals surface area contributed by atoms with Crippen LogP contribution < -0.4 is 15.0 Å². The number of aliphatic hydroxyl groups excluding tert-OH is 1. The number of hydrogen-bond acceptors (Lipinski definition) is 5. The number of ether oxygens (including phenoxy) is 2. The lowest BCUT2D eigenvalue weighted by atomic mass is 10.0. The van der Waals surface area contributed by atoms with Crippen LogP contribution in [0.3, 0.4) is 0 Å². The van der Waals surface area contributed by atoms with Crippen LogP contribution in [-0.4, -0.2) is 55.9 Å². The minimum Gasteiger partial charge on any atom is -0.497 e. The number of carbonyl (C=O) groups is 1. The Morgan fingerprint density at radius 2 is 1.92 bits per heavy atom. The summed E-state index contributed by atoms with van der Waals surface area (Å²) in [6, 6.07) is 6.07. The van der Waals surface area contributed by atoms with Crippen molar-refractivity contribution in [2.24, 2.45) is 0 Å². The van der Waals surface area contributed by atoms with Crippen LogP contribution in [0.1, 0.15) is 17.2 Å². The maximum Gasteiger partial charge on any atom is 0.322 e. The van der Waals surface area contributed by atoms with Crippen molar-refractivity contribution in [1.29, 1.82) is 0 Å². The third-order valence-electron chi connectivity index (χ3n) is 6.55. The van der Waals surface area contributed by atoms with Crippen LogP contribution in [0.4, 0.5) is 23.7 Å². The first-order chi connectivity index (χ1) is 18.5. The van der Waals surface area contributed by atoms with Gasteiger partial charge in [-0.1, -0.05) is 19.6 Å². The molecule has 4 rings (SSSR count). The Kier molecular flexibility index (Phi) is 8.67. The van der Waals surface area contributed by atoms with Crippen LogP contribution in [0.15, 0.2) is 36.5 Å². The zero-order valence-corrected chi connectivity index (χ0v) is 23.4. The lowest BCUT2D eigenvalue weighted by Crippen LogP contribution is -2.42. The quantitative estimate of drug-likeness (QED) is 0.265. The highest BCUT2D eigenvalue weighted by molar-refractivity contribution is 6.76. The van der Waals surface area contributed by atoms with Gasteiger partial charge < -0.3 is 19.9 Å². The Labute approximate surface area is 226 Å². The molecular formula is C27H33F3N4O4Si. The van der Waals surface area contributed by atoms with Gasteiger partial charge in [-0.05, 0) is 47.9 Å². The summed E-state index contributed by atoms with van der Waals surface area (Å²) in [6.45, 7) is 7.06. The third kappa shape index (κ3) is 6.81. The summed E-state index contributed by atoms with van der Waals surface area (Å²) >= 11 is 0. The van der Waals surface area contributed by atoms with E-state index >= 15 is 4.39 Å². The molecule has 2 amide bonds. The van der Waals surface area contributed by atoms with Gasteiger partial charge in [0.15, 0.2) is 0 Å². The minimum atomic E-state index is -1.26. The predicted octanol–water partition coefficient (Wildman–Crippen LogP) is 5.09. The first-order valence-corrected chi connectivity index (χ1v) is 16.4. The van der Waals surface area contributed by atoms with Gasteiger partial charge in [0.05, 0.1) is 31.0 Å². The molecule has 0 spiro atoms. The lowest BCUT2D eigenvalue weighted by molar-refractivity contribution is 0.0774. The van der Waals surface area contributed by atoms with Crippen LogP contribution in [0.5, 0.6) is 5.75 Å². The van der Waals surface area contributed by atoms with Crippen LogP contribution in [0.25, 0.3) is 11.1 Å². The molecule has 0 saturated carbocycles. The number of aromatic nitrogens is 2. The van der Waals surface area contributed by atoms with Crippen molar-refractivity contribution in [2.75, 3.05) is 31.8 Å². The second-order valence-corrected chi connectivity index (χ2v) is 16.3. The normalized spacial score (nSPS) is 13.9. The van der Waals surface area contributed by atoms with Crippen molar-refractivity contribution in [3.8, 4) is 16.9 Å². The van der Waals surface area contributed by atoms with Crippen LogP contribution >= 0.6 is 0 Å². The van der Waals surface area contributed by atoms with E-state index < -0.39 is 44.3 Å². The fraction of sp³-hybridized carbons (Fsp3) is 0.407. The minimum absolute atomic E-state index is 0.00685. The number of nitrogens with zero attached hydrogens (tertiary/aromatic N) is 3. The van der Waals surface area contributed by atoms with Crippen molar-refractivity contribution in [2.45, 2.75) is 44.9 Å². The second kappa shape index (κ2) is 11.8. The number of anilines is 1. The third-order valence-corrected chi connectivity index (χ3v) is 8.25. The number of rotatable bonds is 10. The molecule has 0 bridgehead atoms. The van der Waals surface area contributed by atoms with Gasteiger partial charge in [0, 0.05) is 39.1 Å². The first-order valence-electron chi connectivity index (χ1n) is 12.7. The topological polar surface area (TPSA) is 88.9 Å². The van der Waals surface area contributed by atoms with Gasteiger partial charge in [0.25, 0.3) is 0 Å². The molecular weight excluding hydrogens is 529 g/mol. The largest absolute Gasteiger partial charge is 0.497 e. The van der Waals surface area contributed by atoms with Crippen molar-refractivity contribution in [1.82, 2.24) is 15.1 Å². The van der Waals surface area contributed by atoms with E-state index in [9.17, 15) is 18.7 Å². The maximum absolute atomic E-state index is 15.2. The van der Waals surface area contributed by atoms with Crippen LogP contribution in [0, 0.1) is 17.6 Å². The maximum atomic E-state index is 15.2. The summed E-state index contributed by atoms with van der Waals surface area (Å²) in [5.74, 6) is -1.86. The molecule has 2 heterocycles. The van der Waals surface area contributed by atoms with Gasteiger partial charge in [-0.25, -0.2) is 18.3 Å². The van der Waals surface area contributed by atoms with E-state index in [1.165, 1.54) is 53.2 Å². The Morgan fingerprint density at radius 3 is 2.62 bits per heavy atom. The zero-order valence-electron chi connectivity index (χ0n) is 22.4. The number of aliphatic hydroxyl groups is 1. The number of halogens is 3. The molecule has 2 aromatic carbocycles. The van der Waals surface area contributed by atoms with Gasteiger partial charge in [0.1, 0.15) is 24.1 Å². The van der Waals surface area contributed by atoms with E-state index in [0.717, 1.165) is 6.04 Å². The van der Waals surface area contributed by atoms with Crippen molar-refractivity contribution < 1.29 is 32.5 Å². The van der Waals surface area contributed by atoms with E-state index in [4.69, 9.17) is 9.47 Å². The molecule has 1 atom stereocenters. The molecule has 0 radical (unpaired) electrons. The number of urea groups is 1. The van der Waals surface area contributed by atoms with Gasteiger partial charge in [0.2, 0.25) is 5.95 Å². The van der Waals surface area contributed by atoms with E-state index in [0.29, 0.717) is 29.8 Å². The molecule has 1 aromatic heterocycles. The molecule has 1 unspecified atom stereocenters. The van der Waals surface area contributed by atoms with E-state index in [1.807, 2.05) is 0 Å². The highest BCUT2D eigenvalue weighted by Crippen LogP contribution is 2.36. The molecule has 1 aliphatic heterocycles. The number of benzene rings is 2. The average molecular weight is 563 g/mol. The van der Waals surface area contributed by atoms with Crippen molar-refractivity contribution in [3.63, 3.8) is 0 Å². The number of fused-ring (bicyclic) bond motifs is 1. The average Bonchev–Trinajstić information content (AvgIpc) is 3.46. The Bertz CT molecular complexity index is 1350. The molecule has 0 fully saturated rings. The number of hydrogen-bond donors (Lipinski definition) is 2. The standard InChI is InChI=1S/C27H33F3N4O4Si/c1-37-20-10-18(9-19(28)12-20)24(15-35)31-27(36)34-6-5-17-11-21(23(29)13-25(17)34)22-14-33(32-26(22)30)16-38-7-8-39(2,3)4/h9-14,24,35H,5-8,15-16H2,1-4H3,(H,31,36). The van der Waals surface area contributed by atoms with Crippen molar-refractivity contribution in [3.05, 3.63) is 65.2 Å². The molecule has 0 aliphatic carbocycles. The molecule has 2 N–H and O–H groups in total. The molecule has 0 saturated heterocycles. The highest BCUT2D eigenvalue weighted by atomic mass is 28.3. The molecule has 8 nitrogen and oxygen atoms in total. The van der Waals surface area contributed by atoms with Gasteiger partial charge in [-0.2, -0.15) is 4.39 Å². The summed E-state index contributed by atoms with van der Waals surface area (Å²) in [5, 5.41) is 16.3. The highest BCUT2D eigenvalue weighted by Gasteiger charge is 2.29. The Morgan fingerprint density at radius 1 is 1.15 bits per heavy atom. The summed E-state index contributed by atoms with van der Waals surface area (Å²) in [5.41, 5.74) is 1.37. The summed E-state index contributed by atoms with van der Waals surface area (Å²) in [4.78, 5) is 14.4. The fourth-order valence-corrected chi connectivity index (χ4v) is 5.13. The fourth-order valence-electron chi connectivity index (χ4n) is 4.37. The van der Waals surface area contributed by atoms with Gasteiger partial charge >= 0.3 is 6.03 Å². The first kappa shape index (κ1) is 28.6. The summed E-state index contributed by atoms with van der Waals surface area (Å²) < 4.78 is 55.8. The van der Waals surface area contributed by atoms with Crippen LogP contribution in [0.2, 0.25) is 25.7 Å². The Hall–Kier alpha value is -3.35. The molecule has 1 aliphatic rings. The number of amides is 2. The monoisotopic (exact) mass is 562 g/mol. The van der Waals surface area contributed by atoms with E-state index in [2.05, 4.69) is 30.1 Å². The number of methoxy groups -OCH3 is 1. The van der Waals surface area contributed by atoms with Gasteiger partial charge in [-0.15, -0.1) is 5.10 Å². The number of nitrogens with one attached hydrogen (secondary N) is 1. The lowest BCUT2D eigenvalue weighted by Gasteiger charge is -2.23. The zero-order chi connectivity index (χ0) is 28.3. The van der Waals surface area contributed by atoms with Crippen molar-refractivity contribution >= 4 is 19.8 Å². The molecule has 12 heteroatoms. The van der Waals surface area contributed by atoms with Crippen LogP contribution in [-0.2, 0) is 17.9 Å². The summed E-state index contributed by atoms with van der Waals surface area (Å²) in [6.07, 6.45) is 1.83. The Balaban J connectivity index is 1.49. The molecule has 39 heavy (non-hydrogen) atoms.